The summed E-state index contributed by atoms with van der Waals surface area (Å²) < 4.78 is 0. The molecule has 0 saturated carbocycles. The van der Waals surface area contributed by atoms with Crippen LogP contribution in [0.25, 0.3) is 0 Å². The third-order valence-electron chi connectivity index (χ3n) is 2.86. The number of aliphatic hydroxyl groups excluding tert-OH is 1. The molecule has 18 heavy (non-hydrogen) atoms. The van der Waals surface area contributed by atoms with Crippen LogP contribution in [-0.2, 0) is 11.2 Å². The zero-order valence-corrected chi connectivity index (χ0v) is 10.9. The molecule has 1 atom stereocenters. The van der Waals surface area contributed by atoms with Crippen molar-refractivity contribution in [3.8, 4) is 0 Å². The average molecular weight is 267 g/mol. The third-order valence-corrected chi connectivity index (χ3v) is 4.06. The van der Waals surface area contributed by atoms with Crippen molar-refractivity contribution < 1.29 is 15.0 Å². The van der Waals surface area contributed by atoms with Crippen LogP contribution in [0.4, 0.5) is 5.69 Å². The van der Waals surface area contributed by atoms with Crippen LogP contribution in [0.1, 0.15) is 18.4 Å². The molecule has 1 heterocycles. The minimum Gasteiger partial charge on any atom is -0.481 e. The van der Waals surface area contributed by atoms with Gasteiger partial charge in [-0.2, -0.15) is 0 Å². The van der Waals surface area contributed by atoms with Crippen LogP contribution in [0, 0.1) is 0 Å². The maximum absolute atomic E-state index is 10.4. The van der Waals surface area contributed by atoms with E-state index in [4.69, 9.17) is 5.11 Å². The number of carbonyl (C=O) groups is 1. The molecule has 0 spiro atoms. The van der Waals surface area contributed by atoms with Gasteiger partial charge in [0.2, 0.25) is 0 Å². The van der Waals surface area contributed by atoms with Crippen molar-refractivity contribution in [1.82, 2.24) is 0 Å². The molecule has 5 heteroatoms. The maximum atomic E-state index is 10.4. The van der Waals surface area contributed by atoms with E-state index in [0.717, 1.165) is 12.1 Å². The van der Waals surface area contributed by atoms with Gasteiger partial charge in [0, 0.05) is 17.1 Å². The molecule has 0 aromatic heterocycles. The maximum Gasteiger partial charge on any atom is 0.306 e. The molecule has 0 saturated heterocycles. The van der Waals surface area contributed by atoms with Crippen molar-refractivity contribution in [2.45, 2.75) is 30.3 Å². The summed E-state index contributed by atoms with van der Waals surface area (Å²) >= 11 is 1.88. The number of fused-ring (bicyclic) bond motifs is 1. The number of hydrogen-bond acceptors (Lipinski definition) is 4. The van der Waals surface area contributed by atoms with E-state index in [9.17, 15) is 9.90 Å². The van der Waals surface area contributed by atoms with Gasteiger partial charge >= 0.3 is 5.97 Å². The van der Waals surface area contributed by atoms with E-state index in [1.807, 2.05) is 17.8 Å². The average Bonchev–Trinajstić information content (AvgIpc) is 2.35. The van der Waals surface area contributed by atoms with E-state index in [1.165, 1.54) is 22.6 Å². The standard InChI is InChI=1S/C13H17NO3S/c15-11(7-13(16)17)8-14-10-3-4-12-9(6-10)2-1-5-18-12/h3-4,6,11,14-15H,1-2,5,7-8H2,(H,16,17). The van der Waals surface area contributed by atoms with E-state index in [-0.39, 0.29) is 13.0 Å². The molecule has 1 aliphatic heterocycles. The monoisotopic (exact) mass is 267 g/mol. The number of carboxylic acids is 1. The van der Waals surface area contributed by atoms with Crippen LogP contribution in [0.15, 0.2) is 23.1 Å². The van der Waals surface area contributed by atoms with E-state index in [0.29, 0.717) is 0 Å². The van der Waals surface area contributed by atoms with Gasteiger partial charge in [-0.25, -0.2) is 0 Å². The molecule has 0 bridgehead atoms. The SMILES string of the molecule is O=C(O)CC(O)CNc1ccc2c(c1)CCCS2. The first-order valence-corrected chi connectivity index (χ1v) is 7.03. The zero-order valence-electron chi connectivity index (χ0n) is 10.1. The molecule has 0 fully saturated rings. The van der Waals surface area contributed by atoms with Gasteiger partial charge in [0.15, 0.2) is 0 Å². The minimum absolute atomic E-state index is 0.228. The van der Waals surface area contributed by atoms with E-state index in [1.54, 1.807) is 0 Å². The molecule has 4 nitrogen and oxygen atoms in total. The highest BCUT2D eigenvalue weighted by Gasteiger charge is 2.12. The van der Waals surface area contributed by atoms with Crippen molar-refractivity contribution >= 4 is 23.4 Å². The number of nitrogens with one attached hydrogen (secondary N) is 1. The Morgan fingerprint density at radius 1 is 1.50 bits per heavy atom. The first kappa shape index (κ1) is 13.2. The zero-order chi connectivity index (χ0) is 13.0. The Kier molecular flexibility index (Phi) is 4.49. The van der Waals surface area contributed by atoms with Crippen molar-refractivity contribution in [2.24, 2.45) is 0 Å². The second kappa shape index (κ2) is 6.11. The predicted molar refractivity (Wildman–Crippen MR) is 72.2 cm³/mol. The third kappa shape index (κ3) is 3.65. The van der Waals surface area contributed by atoms with Crippen LogP contribution in [0.3, 0.4) is 0 Å². The van der Waals surface area contributed by atoms with Gasteiger partial charge < -0.3 is 15.5 Å². The lowest BCUT2D eigenvalue weighted by molar-refractivity contribution is -0.138. The van der Waals surface area contributed by atoms with Crippen molar-refractivity contribution in [1.29, 1.82) is 0 Å². The van der Waals surface area contributed by atoms with Gasteiger partial charge in [0.1, 0.15) is 0 Å². The molecule has 1 aromatic rings. The highest BCUT2D eigenvalue weighted by Crippen LogP contribution is 2.31. The molecule has 2 rings (SSSR count). The summed E-state index contributed by atoms with van der Waals surface area (Å²) in [7, 11) is 0. The summed E-state index contributed by atoms with van der Waals surface area (Å²) in [5, 5.41) is 21.1. The highest BCUT2D eigenvalue weighted by molar-refractivity contribution is 7.99. The van der Waals surface area contributed by atoms with Crippen LogP contribution in [-0.4, -0.2) is 34.6 Å². The summed E-state index contributed by atoms with van der Waals surface area (Å²) in [6.07, 6.45) is 1.21. The van der Waals surface area contributed by atoms with Gasteiger partial charge in [-0.05, 0) is 42.4 Å². The molecule has 0 amide bonds. The second-order valence-corrected chi connectivity index (χ2v) is 5.54. The number of hydrogen-bond donors (Lipinski definition) is 3. The molecule has 0 aliphatic carbocycles. The first-order chi connectivity index (χ1) is 8.65. The summed E-state index contributed by atoms with van der Waals surface area (Å²) in [6.45, 7) is 0.262. The molecule has 1 unspecified atom stereocenters. The number of thioether (sulfide) groups is 1. The van der Waals surface area contributed by atoms with Gasteiger partial charge in [0.05, 0.1) is 12.5 Å². The number of benzene rings is 1. The Hall–Kier alpha value is -1.20. The van der Waals surface area contributed by atoms with Gasteiger partial charge in [0.25, 0.3) is 0 Å². The van der Waals surface area contributed by atoms with Gasteiger partial charge in [-0.15, -0.1) is 11.8 Å². The smallest absolute Gasteiger partial charge is 0.306 e. The number of anilines is 1. The predicted octanol–water partition coefficient (Wildman–Crippen LogP) is 1.97. The van der Waals surface area contributed by atoms with Crippen LogP contribution >= 0.6 is 11.8 Å². The van der Waals surface area contributed by atoms with Crippen molar-refractivity contribution in [3.05, 3.63) is 23.8 Å². The van der Waals surface area contributed by atoms with Crippen molar-refractivity contribution in [2.75, 3.05) is 17.6 Å². The number of carboxylic acid groups (broad SMARTS) is 1. The summed E-state index contributed by atoms with van der Waals surface area (Å²) in [6, 6.07) is 6.16. The molecule has 1 aromatic carbocycles. The minimum atomic E-state index is -0.980. The van der Waals surface area contributed by atoms with Gasteiger partial charge in [-0.1, -0.05) is 0 Å². The lowest BCUT2D eigenvalue weighted by Crippen LogP contribution is -2.22. The highest BCUT2D eigenvalue weighted by atomic mass is 32.2. The number of aliphatic carboxylic acids is 1. The van der Waals surface area contributed by atoms with E-state index >= 15 is 0 Å². The number of aryl methyl sites for hydroxylation is 1. The van der Waals surface area contributed by atoms with Gasteiger partial charge in [-0.3, -0.25) is 4.79 Å². The fourth-order valence-electron chi connectivity index (χ4n) is 1.98. The molecule has 98 valence electrons. The quantitative estimate of drug-likeness (QED) is 0.761. The summed E-state index contributed by atoms with van der Waals surface area (Å²) in [5.41, 5.74) is 2.28. The van der Waals surface area contributed by atoms with Crippen LogP contribution in [0.5, 0.6) is 0 Å². The molecular weight excluding hydrogens is 250 g/mol. The molecular formula is C13H17NO3S. The Labute approximate surface area is 110 Å². The topological polar surface area (TPSA) is 69.6 Å². The number of aliphatic hydroxyl groups is 1. The summed E-state index contributed by atoms with van der Waals surface area (Å²) in [5.74, 6) is 0.197. The van der Waals surface area contributed by atoms with E-state index in [2.05, 4.69) is 17.4 Å². The second-order valence-electron chi connectivity index (χ2n) is 4.41. The normalized spacial score (nSPS) is 15.8. The number of rotatable bonds is 5. The Morgan fingerprint density at radius 3 is 3.11 bits per heavy atom. The summed E-state index contributed by atoms with van der Waals surface area (Å²) in [4.78, 5) is 11.8. The Morgan fingerprint density at radius 2 is 2.33 bits per heavy atom. The van der Waals surface area contributed by atoms with Crippen molar-refractivity contribution in [3.63, 3.8) is 0 Å². The Balaban J connectivity index is 1.91. The van der Waals surface area contributed by atoms with Crippen LogP contribution in [0.2, 0.25) is 0 Å². The lowest BCUT2D eigenvalue weighted by atomic mass is 10.1. The molecule has 3 N–H and O–H groups in total. The Bertz CT molecular complexity index is 436. The fraction of sp³-hybridized carbons (Fsp3) is 0.462. The molecule has 1 aliphatic rings. The fourth-order valence-corrected chi connectivity index (χ4v) is 3.00. The molecule has 0 radical (unpaired) electrons. The lowest BCUT2D eigenvalue weighted by Gasteiger charge is -2.17. The largest absolute Gasteiger partial charge is 0.481 e. The first-order valence-electron chi connectivity index (χ1n) is 6.04. The van der Waals surface area contributed by atoms with Crippen LogP contribution < -0.4 is 5.32 Å². The van der Waals surface area contributed by atoms with E-state index < -0.39 is 12.1 Å².